The number of nitrogens with zero attached hydrogens (tertiary/aromatic N) is 1. The average molecular weight is 422 g/mol. The fourth-order valence-corrected chi connectivity index (χ4v) is 3.67. The lowest BCUT2D eigenvalue weighted by Gasteiger charge is -2.24. The highest BCUT2D eigenvalue weighted by Crippen LogP contribution is 2.24. The van der Waals surface area contributed by atoms with Crippen LogP contribution in [-0.4, -0.2) is 29.3 Å². The summed E-state index contributed by atoms with van der Waals surface area (Å²) < 4.78 is 12.1. The molecule has 2 aromatic heterocycles. The molecule has 0 aliphatic rings. The van der Waals surface area contributed by atoms with Gasteiger partial charge in [-0.3, -0.25) is 4.90 Å². The van der Waals surface area contributed by atoms with Crippen LogP contribution in [0.1, 0.15) is 10.6 Å². The predicted molar refractivity (Wildman–Crippen MR) is 103 cm³/mol. The first-order chi connectivity index (χ1) is 12.2. The van der Waals surface area contributed by atoms with Crippen molar-refractivity contribution in [2.24, 2.45) is 0 Å². The van der Waals surface area contributed by atoms with Gasteiger partial charge in [0.2, 0.25) is 0 Å². The lowest BCUT2D eigenvalue weighted by molar-refractivity contribution is 0.0606. The molecule has 1 N–H and O–H groups in total. The van der Waals surface area contributed by atoms with E-state index in [-0.39, 0.29) is 6.61 Å². The largest absolute Gasteiger partial charge is 0.490 e. The van der Waals surface area contributed by atoms with Gasteiger partial charge in [-0.25, -0.2) is 0 Å². The predicted octanol–water partition coefficient (Wildman–Crippen LogP) is 4.55. The molecule has 0 saturated heterocycles. The molecule has 0 spiro atoms. The minimum absolute atomic E-state index is 0.238. The number of halogens is 1. The van der Waals surface area contributed by atoms with Crippen molar-refractivity contribution in [2.75, 3.05) is 13.2 Å². The van der Waals surface area contributed by atoms with Crippen molar-refractivity contribution in [3.63, 3.8) is 0 Å². The van der Waals surface area contributed by atoms with Crippen molar-refractivity contribution in [1.82, 2.24) is 4.90 Å². The smallest absolute Gasteiger partial charge is 0.133 e. The monoisotopic (exact) mass is 421 g/mol. The normalized spacial score (nSPS) is 12.4. The molecule has 4 nitrogen and oxygen atoms in total. The van der Waals surface area contributed by atoms with Gasteiger partial charge >= 0.3 is 0 Å². The summed E-state index contributed by atoms with van der Waals surface area (Å²) in [5, 5.41) is 12.5. The second kappa shape index (κ2) is 9.20. The van der Waals surface area contributed by atoms with E-state index in [1.54, 1.807) is 17.6 Å². The maximum absolute atomic E-state index is 10.4. The van der Waals surface area contributed by atoms with E-state index in [1.165, 1.54) is 4.88 Å². The zero-order chi connectivity index (χ0) is 17.5. The van der Waals surface area contributed by atoms with Crippen LogP contribution in [0.3, 0.4) is 0 Å². The first kappa shape index (κ1) is 18.2. The van der Waals surface area contributed by atoms with Crippen molar-refractivity contribution in [3.8, 4) is 5.75 Å². The molecule has 25 heavy (non-hydrogen) atoms. The van der Waals surface area contributed by atoms with Crippen LogP contribution in [0.5, 0.6) is 5.75 Å². The van der Waals surface area contributed by atoms with E-state index in [9.17, 15) is 5.11 Å². The van der Waals surface area contributed by atoms with Crippen LogP contribution in [0, 0.1) is 0 Å². The van der Waals surface area contributed by atoms with Gasteiger partial charge < -0.3 is 14.3 Å². The van der Waals surface area contributed by atoms with Crippen molar-refractivity contribution < 1.29 is 14.3 Å². The summed E-state index contributed by atoms with van der Waals surface area (Å²) >= 11 is 5.16. The molecule has 3 rings (SSSR count). The number of benzene rings is 1. The fraction of sp³-hybridized carbons (Fsp3) is 0.263. The highest BCUT2D eigenvalue weighted by Gasteiger charge is 2.16. The molecule has 0 aliphatic carbocycles. The third-order valence-corrected chi connectivity index (χ3v) is 5.17. The average Bonchev–Trinajstić information content (AvgIpc) is 3.28. The van der Waals surface area contributed by atoms with Crippen LogP contribution in [-0.2, 0) is 13.1 Å². The molecule has 132 valence electrons. The van der Waals surface area contributed by atoms with Gasteiger partial charge in [0, 0.05) is 18.0 Å². The highest BCUT2D eigenvalue weighted by molar-refractivity contribution is 9.10. The number of ether oxygens (including phenoxy) is 1. The van der Waals surface area contributed by atoms with Crippen molar-refractivity contribution in [2.45, 2.75) is 19.2 Å². The molecule has 1 atom stereocenters. The number of aliphatic hydroxyl groups is 1. The van der Waals surface area contributed by atoms with E-state index in [1.807, 2.05) is 42.5 Å². The first-order valence-electron chi connectivity index (χ1n) is 8.03. The van der Waals surface area contributed by atoms with Gasteiger partial charge in [-0.05, 0) is 51.6 Å². The minimum Gasteiger partial charge on any atom is -0.490 e. The van der Waals surface area contributed by atoms with Gasteiger partial charge in [-0.2, -0.15) is 0 Å². The molecule has 6 heteroatoms. The Kier molecular flexibility index (Phi) is 6.69. The molecule has 0 amide bonds. The van der Waals surface area contributed by atoms with Gasteiger partial charge in [-0.1, -0.05) is 18.2 Å². The molecule has 0 bridgehead atoms. The Morgan fingerprint density at radius 3 is 2.72 bits per heavy atom. The molecule has 2 heterocycles. The summed E-state index contributed by atoms with van der Waals surface area (Å²) in [4.78, 5) is 3.42. The number of para-hydroxylation sites is 1. The number of rotatable bonds is 9. The molecule has 1 aromatic carbocycles. The number of hydrogen-bond donors (Lipinski definition) is 1. The van der Waals surface area contributed by atoms with Crippen molar-refractivity contribution >= 4 is 27.3 Å². The van der Waals surface area contributed by atoms with Crippen molar-refractivity contribution in [3.05, 3.63) is 75.3 Å². The van der Waals surface area contributed by atoms with E-state index in [2.05, 4.69) is 32.3 Å². The first-order valence-corrected chi connectivity index (χ1v) is 9.70. The standard InChI is InChI=1S/C19H20BrNO3S/c20-18-7-1-2-8-19(18)24-14-15(22)11-21(12-16-5-3-9-23-16)13-17-6-4-10-25-17/h1-10,15,22H,11-14H2. The molecule has 0 aliphatic heterocycles. The second-order valence-corrected chi connectivity index (χ2v) is 7.61. The zero-order valence-corrected chi connectivity index (χ0v) is 16.1. The number of aliphatic hydroxyl groups excluding tert-OH is 1. The Morgan fingerprint density at radius 1 is 1.12 bits per heavy atom. The summed E-state index contributed by atoms with van der Waals surface area (Å²) in [6.07, 6.45) is 1.08. The van der Waals surface area contributed by atoms with Crippen molar-refractivity contribution in [1.29, 1.82) is 0 Å². The quantitative estimate of drug-likeness (QED) is 0.550. The molecule has 3 aromatic rings. The fourth-order valence-electron chi connectivity index (χ4n) is 2.53. The topological polar surface area (TPSA) is 45.8 Å². The summed E-state index contributed by atoms with van der Waals surface area (Å²) in [6, 6.07) is 15.6. The van der Waals surface area contributed by atoms with E-state index in [0.717, 1.165) is 22.5 Å². The van der Waals surface area contributed by atoms with Gasteiger partial charge in [0.15, 0.2) is 0 Å². The Bertz CT molecular complexity index is 710. The molecule has 0 fully saturated rings. The molecular weight excluding hydrogens is 402 g/mol. The Morgan fingerprint density at radius 2 is 2.00 bits per heavy atom. The van der Waals surface area contributed by atoms with Crippen LogP contribution in [0.4, 0.5) is 0 Å². The SMILES string of the molecule is OC(COc1ccccc1Br)CN(Cc1ccco1)Cc1cccs1. The summed E-state index contributed by atoms with van der Waals surface area (Å²) in [5.74, 6) is 1.62. The molecule has 0 saturated carbocycles. The van der Waals surface area contributed by atoms with E-state index >= 15 is 0 Å². The summed E-state index contributed by atoms with van der Waals surface area (Å²) in [6.45, 7) is 2.16. The summed E-state index contributed by atoms with van der Waals surface area (Å²) in [7, 11) is 0. The third kappa shape index (κ3) is 5.71. The number of hydrogen-bond acceptors (Lipinski definition) is 5. The van der Waals surface area contributed by atoms with Crippen LogP contribution in [0.15, 0.2) is 69.1 Å². The molecular formula is C19H20BrNO3S. The van der Waals surface area contributed by atoms with Gasteiger partial charge in [-0.15, -0.1) is 11.3 Å². The Labute approximate surface area is 159 Å². The van der Waals surface area contributed by atoms with Gasteiger partial charge in [0.25, 0.3) is 0 Å². The second-order valence-electron chi connectivity index (χ2n) is 5.72. The molecule has 0 radical (unpaired) electrons. The van der Waals surface area contributed by atoms with Gasteiger partial charge in [0.1, 0.15) is 24.2 Å². The number of thiophene rings is 1. The maximum Gasteiger partial charge on any atom is 0.133 e. The summed E-state index contributed by atoms with van der Waals surface area (Å²) in [5.41, 5.74) is 0. The Balaban J connectivity index is 1.57. The van der Waals surface area contributed by atoms with E-state index < -0.39 is 6.10 Å². The molecule has 1 unspecified atom stereocenters. The highest BCUT2D eigenvalue weighted by atomic mass is 79.9. The van der Waals surface area contributed by atoms with E-state index in [4.69, 9.17) is 9.15 Å². The van der Waals surface area contributed by atoms with Gasteiger partial charge in [0.05, 0.1) is 17.3 Å². The number of furan rings is 1. The van der Waals surface area contributed by atoms with Crippen LogP contribution >= 0.6 is 27.3 Å². The zero-order valence-electron chi connectivity index (χ0n) is 13.7. The minimum atomic E-state index is -0.595. The maximum atomic E-state index is 10.4. The van der Waals surface area contributed by atoms with E-state index in [0.29, 0.717) is 13.1 Å². The lowest BCUT2D eigenvalue weighted by Crippen LogP contribution is -2.34. The van der Waals surface area contributed by atoms with Crippen LogP contribution < -0.4 is 4.74 Å². The third-order valence-electron chi connectivity index (χ3n) is 3.66. The Hall–Kier alpha value is -1.60. The van der Waals surface area contributed by atoms with Crippen LogP contribution in [0.2, 0.25) is 0 Å². The lowest BCUT2D eigenvalue weighted by atomic mass is 10.3. The van der Waals surface area contributed by atoms with Crippen LogP contribution in [0.25, 0.3) is 0 Å².